The van der Waals surface area contributed by atoms with Gasteiger partial charge in [-0.05, 0) is 30.5 Å². The number of hydrogen-bond acceptors (Lipinski definition) is 7. The number of carbonyl (C=O) groups is 2. The number of ether oxygens (including phenoxy) is 3. The van der Waals surface area contributed by atoms with E-state index in [2.05, 4.69) is 5.32 Å². The van der Waals surface area contributed by atoms with Crippen molar-refractivity contribution >= 4 is 39.6 Å². The van der Waals surface area contributed by atoms with Gasteiger partial charge in [0.2, 0.25) is 0 Å². The van der Waals surface area contributed by atoms with Crippen LogP contribution in [0.25, 0.3) is 10.4 Å². The van der Waals surface area contributed by atoms with Gasteiger partial charge in [0.05, 0.1) is 13.7 Å². The van der Waals surface area contributed by atoms with E-state index in [1.165, 1.54) is 29.8 Å². The van der Waals surface area contributed by atoms with Crippen molar-refractivity contribution in [2.24, 2.45) is 0 Å². The van der Waals surface area contributed by atoms with E-state index in [1.807, 2.05) is 35.9 Å². The summed E-state index contributed by atoms with van der Waals surface area (Å²) in [5.41, 5.74) is 1.09. The molecule has 0 spiro atoms. The number of esters is 1. The third-order valence-electron chi connectivity index (χ3n) is 3.73. The highest BCUT2D eigenvalue weighted by Gasteiger charge is 2.23. The van der Waals surface area contributed by atoms with Crippen LogP contribution in [0.15, 0.2) is 47.2 Å². The number of rotatable bonds is 8. The third kappa shape index (κ3) is 4.52. The first kappa shape index (κ1) is 19.9. The molecular formula is C20H19NO5S2. The lowest BCUT2D eigenvalue weighted by molar-refractivity contribution is -0.118. The second-order valence-corrected chi connectivity index (χ2v) is 7.37. The molecule has 0 aliphatic rings. The van der Waals surface area contributed by atoms with Crippen molar-refractivity contribution in [1.29, 1.82) is 0 Å². The van der Waals surface area contributed by atoms with E-state index in [0.29, 0.717) is 28.7 Å². The molecule has 0 bridgehead atoms. The summed E-state index contributed by atoms with van der Waals surface area (Å²) >= 11 is 2.78. The number of para-hydroxylation sites is 2. The monoisotopic (exact) mass is 417 g/mol. The predicted molar refractivity (Wildman–Crippen MR) is 111 cm³/mol. The van der Waals surface area contributed by atoms with Gasteiger partial charge in [-0.15, -0.1) is 22.7 Å². The molecule has 6 nitrogen and oxygen atoms in total. The lowest BCUT2D eigenvalue weighted by Gasteiger charge is -2.11. The molecule has 2 aromatic heterocycles. The number of nitrogens with one attached hydrogen (secondary N) is 1. The molecule has 1 aromatic carbocycles. The maximum atomic E-state index is 12.4. The number of hydrogen-bond donors (Lipinski definition) is 1. The number of methoxy groups -OCH3 is 1. The van der Waals surface area contributed by atoms with Crippen molar-refractivity contribution < 1.29 is 23.8 Å². The summed E-state index contributed by atoms with van der Waals surface area (Å²) in [6.45, 7) is 2.16. The average molecular weight is 418 g/mol. The minimum Gasteiger partial charge on any atom is -0.490 e. The van der Waals surface area contributed by atoms with E-state index in [4.69, 9.17) is 14.2 Å². The predicted octanol–water partition coefficient (Wildman–Crippen LogP) is 4.68. The van der Waals surface area contributed by atoms with Gasteiger partial charge in [0.1, 0.15) is 10.6 Å². The SMILES string of the molecule is CCOc1ccccc1OCC(=O)Nc1scc(-c2cccs2)c1C(=O)OC. The summed E-state index contributed by atoms with van der Waals surface area (Å²) < 4.78 is 16.0. The first-order valence-corrected chi connectivity index (χ1v) is 10.3. The summed E-state index contributed by atoms with van der Waals surface area (Å²) in [6.07, 6.45) is 0. The van der Waals surface area contributed by atoms with Crippen molar-refractivity contribution in [2.75, 3.05) is 25.6 Å². The number of carbonyl (C=O) groups excluding carboxylic acids is 2. The average Bonchev–Trinajstić information content (AvgIpc) is 3.36. The highest BCUT2D eigenvalue weighted by atomic mass is 32.1. The molecule has 0 atom stereocenters. The quantitative estimate of drug-likeness (QED) is 0.539. The maximum Gasteiger partial charge on any atom is 0.341 e. The Balaban J connectivity index is 1.73. The first-order valence-electron chi connectivity index (χ1n) is 8.52. The molecule has 146 valence electrons. The summed E-state index contributed by atoms with van der Waals surface area (Å²) in [6, 6.07) is 11.0. The highest BCUT2D eigenvalue weighted by molar-refractivity contribution is 7.17. The fourth-order valence-electron chi connectivity index (χ4n) is 2.52. The molecule has 0 radical (unpaired) electrons. The van der Waals surface area contributed by atoms with Crippen LogP contribution in [-0.2, 0) is 9.53 Å². The molecule has 3 rings (SSSR count). The molecule has 1 N–H and O–H groups in total. The highest BCUT2D eigenvalue weighted by Crippen LogP contribution is 2.38. The largest absolute Gasteiger partial charge is 0.490 e. The molecule has 8 heteroatoms. The third-order valence-corrected chi connectivity index (χ3v) is 5.53. The van der Waals surface area contributed by atoms with Gasteiger partial charge in [-0.25, -0.2) is 4.79 Å². The second kappa shape index (κ2) is 9.38. The summed E-state index contributed by atoms with van der Waals surface area (Å²) in [7, 11) is 1.32. The first-order chi connectivity index (χ1) is 13.6. The molecule has 0 unspecified atom stereocenters. The van der Waals surface area contributed by atoms with E-state index in [9.17, 15) is 9.59 Å². The maximum absolute atomic E-state index is 12.4. The smallest absolute Gasteiger partial charge is 0.341 e. The molecule has 0 aliphatic carbocycles. The Bertz CT molecular complexity index is 949. The second-order valence-electron chi connectivity index (χ2n) is 5.54. The van der Waals surface area contributed by atoms with Crippen LogP contribution in [0, 0.1) is 0 Å². The van der Waals surface area contributed by atoms with Crippen molar-refractivity contribution in [2.45, 2.75) is 6.92 Å². The molecule has 0 fully saturated rings. The van der Waals surface area contributed by atoms with Gasteiger partial charge in [0.15, 0.2) is 18.1 Å². The molecular weight excluding hydrogens is 398 g/mol. The summed E-state index contributed by atoms with van der Waals surface area (Å²) in [5, 5.41) is 6.94. The van der Waals surface area contributed by atoms with Crippen LogP contribution in [0.2, 0.25) is 0 Å². The van der Waals surface area contributed by atoms with E-state index in [-0.39, 0.29) is 12.5 Å². The van der Waals surface area contributed by atoms with E-state index < -0.39 is 5.97 Å². The zero-order chi connectivity index (χ0) is 19.9. The molecule has 2 heterocycles. The fraction of sp³-hybridized carbons (Fsp3) is 0.200. The Hall–Kier alpha value is -2.84. The van der Waals surface area contributed by atoms with E-state index >= 15 is 0 Å². The Morgan fingerprint density at radius 3 is 2.43 bits per heavy atom. The Labute approximate surface area is 170 Å². The van der Waals surface area contributed by atoms with Crippen LogP contribution in [0.5, 0.6) is 11.5 Å². The zero-order valence-corrected chi connectivity index (χ0v) is 17.0. The molecule has 28 heavy (non-hydrogen) atoms. The number of thiophene rings is 2. The van der Waals surface area contributed by atoms with Gasteiger partial charge in [-0.2, -0.15) is 0 Å². The lowest BCUT2D eigenvalue weighted by Crippen LogP contribution is -2.21. The van der Waals surface area contributed by atoms with Crippen LogP contribution in [0.4, 0.5) is 5.00 Å². The van der Waals surface area contributed by atoms with Crippen LogP contribution < -0.4 is 14.8 Å². The van der Waals surface area contributed by atoms with Crippen LogP contribution in [0.1, 0.15) is 17.3 Å². The minimum atomic E-state index is -0.498. The van der Waals surface area contributed by atoms with Gasteiger partial charge in [0, 0.05) is 15.8 Å². The van der Waals surface area contributed by atoms with Crippen molar-refractivity contribution in [1.82, 2.24) is 0 Å². The minimum absolute atomic E-state index is 0.211. The van der Waals surface area contributed by atoms with Gasteiger partial charge in [0.25, 0.3) is 5.91 Å². The normalized spacial score (nSPS) is 10.4. The zero-order valence-electron chi connectivity index (χ0n) is 15.4. The standard InChI is InChI=1S/C20H19NO5S2/c1-3-25-14-7-4-5-8-15(14)26-11-17(22)21-19-18(20(23)24-2)13(12-28-19)16-9-6-10-27-16/h4-10,12H,3,11H2,1-2H3,(H,21,22). The van der Waals surface area contributed by atoms with Crippen LogP contribution in [0.3, 0.4) is 0 Å². The van der Waals surface area contributed by atoms with E-state index in [0.717, 1.165) is 10.4 Å². The van der Waals surface area contributed by atoms with Gasteiger partial charge < -0.3 is 19.5 Å². The van der Waals surface area contributed by atoms with Gasteiger partial charge >= 0.3 is 5.97 Å². The van der Waals surface area contributed by atoms with Gasteiger partial charge in [-0.1, -0.05) is 18.2 Å². The number of amides is 1. The summed E-state index contributed by atoms with van der Waals surface area (Å²) in [4.78, 5) is 25.6. The number of benzene rings is 1. The lowest BCUT2D eigenvalue weighted by atomic mass is 10.1. The van der Waals surface area contributed by atoms with Crippen molar-refractivity contribution in [3.05, 3.63) is 52.7 Å². The molecule has 0 saturated heterocycles. The topological polar surface area (TPSA) is 73.9 Å². The van der Waals surface area contributed by atoms with E-state index in [1.54, 1.807) is 18.2 Å². The molecule has 0 saturated carbocycles. The van der Waals surface area contributed by atoms with Gasteiger partial charge in [-0.3, -0.25) is 4.79 Å². The van der Waals surface area contributed by atoms with Crippen molar-refractivity contribution in [3.63, 3.8) is 0 Å². The van der Waals surface area contributed by atoms with Crippen LogP contribution >= 0.6 is 22.7 Å². The Morgan fingerprint density at radius 1 is 1.04 bits per heavy atom. The molecule has 0 aliphatic heterocycles. The molecule has 3 aromatic rings. The van der Waals surface area contributed by atoms with Crippen molar-refractivity contribution in [3.8, 4) is 21.9 Å². The number of anilines is 1. The Morgan fingerprint density at radius 2 is 1.79 bits per heavy atom. The summed E-state index contributed by atoms with van der Waals surface area (Å²) in [5.74, 6) is 0.181. The molecule has 1 amide bonds. The fourth-order valence-corrected chi connectivity index (χ4v) is 4.31. The Kier molecular flexibility index (Phi) is 6.67. The van der Waals surface area contributed by atoms with Crippen LogP contribution in [-0.4, -0.2) is 32.2 Å².